The number of thiocarbonyl (C=S) groups is 1. The molecular formula is C15H22ClN3O2S2. The molecule has 0 amide bonds. The summed E-state index contributed by atoms with van der Waals surface area (Å²) in [7, 11) is 0.715. The fourth-order valence-electron chi connectivity index (χ4n) is 2.88. The van der Waals surface area contributed by atoms with Crippen LogP contribution in [0, 0.1) is 13.8 Å². The second kappa shape index (κ2) is 6.93. The molecule has 2 rings (SSSR count). The minimum Gasteiger partial charge on any atom is -0.330 e. The average Bonchev–Trinajstić information content (AvgIpc) is 2.73. The highest BCUT2D eigenvalue weighted by Crippen LogP contribution is 2.28. The van der Waals surface area contributed by atoms with E-state index in [4.69, 9.17) is 23.8 Å². The largest absolute Gasteiger partial charge is 0.330 e. The standard InChI is InChI=1S/C15H22ClN3O2S2/c1-10-7-11(2)14(13(16)8-10)17-15(22)19(18(3)4)12-5-6-23(20,21)9-12/h7-8,12H,5-6,9H2,1-4H3,(H,17,22)/t12-/m1/s1. The summed E-state index contributed by atoms with van der Waals surface area (Å²) in [6, 6.07) is 3.75. The third kappa shape index (κ3) is 4.35. The van der Waals surface area contributed by atoms with Crippen LogP contribution in [0.1, 0.15) is 17.5 Å². The molecule has 0 saturated carbocycles. The molecule has 1 aromatic carbocycles. The van der Waals surface area contributed by atoms with E-state index in [1.54, 1.807) is 0 Å². The predicted octanol–water partition coefficient (Wildman–Crippen LogP) is 2.62. The first kappa shape index (κ1) is 18.4. The van der Waals surface area contributed by atoms with Crippen molar-refractivity contribution < 1.29 is 8.42 Å². The number of halogens is 1. The summed E-state index contributed by atoms with van der Waals surface area (Å²) in [5, 5.41) is 7.86. The van der Waals surface area contributed by atoms with Crippen molar-refractivity contribution in [3.05, 3.63) is 28.3 Å². The predicted molar refractivity (Wildman–Crippen MR) is 99.7 cm³/mol. The van der Waals surface area contributed by atoms with Crippen LogP contribution in [0.15, 0.2) is 12.1 Å². The highest BCUT2D eigenvalue weighted by molar-refractivity contribution is 7.91. The van der Waals surface area contributed by atoms with Gasteiger partial charge in [0.2, 0.25) is 0 Å². The topological polar surface area (TPSA) is 52.7 Å². The number of nitrogens with one attached hydrogen (secondary N) is 1. The van der Waals surface area contributed by atoms with Crippen molar-refractivity contribution in [2.45, 2.75) is 26.3 Å². The Morgan fingerprint density at radius 1 is 1.35 bits per heavy atom. The Morgan fingerprint density at radius 2 is 2.00 bits per heavy atom. The first-order valence-corrected chi connectivity index (χ1v) is 9.96. The van der Waals surface area contributed by atoms with Gasteiger partial charge in [0.15, 0.2) is 14.9 Å². The van der Waals surface area contributed by atoms with Crippen molar-refractivity contribution in [1.82, 2.24) is 10.0 Å². The van der Waals surface area contributed by atoms with Gasteiger partial charge in [-0.25, -0.2) is 13.4 Å². The van der Waals surface area contributed by atoms with Crippen molar-refractivity contribution in [2.24, 2.45) is 0 Å². The third-order valence-corrected chi connectivity index (χ3v) is 6.19. The van der Waals surface area contributed by atoms with E-state index in [0.717, 1.165) is 16.8 Å². The van der Waals surface area contributed by atoms with Crippen LogP contribution >= 0.6 is 23.8 Å². The number of hydrogen-bond donors (Lipinski definition) is 1. The highest BCUT2D eigenvalue weighted by Gasteiger charge is 2.35. The molecule has 0 bridgehead atoms. The lowest BCUT2D eigenvalue weighted by Gasteiger charge is -2.36. The number of hydrogen-bond acceptors (Lipinski definition) is 4. The number of nitrogens with zero attached hydrogens (tertiary/aromatic N) is 2. The van der Waals surface area contributed by atoms with Gasteiger partial charge in [-0.3, -0.25) is 5.01 Å². The summed E-state index contributed by atoms with van der Waals surface area (Å²) in [5.74, 6) is 0.322. The Labute approximate surface area is 148 Å². The molecule has 0 radical (unpaired) electrons. The van der Waals surface area contributed by atoms with Crippen LogP contribution < -0.4 is 5.32 Å². The molecule has 1 fully saturated rings. The van der Waals surface area contributed by atoms with Crippen LogP contribution in [-0.2, 0) is 9.84 Å². The molecule has 1 aliphatic rings. The van der Waals surface area contributed by atoms with Gasteiger partial charge < -0.3 is 5.32 Å². The Bertz CT molecular complexity index is 696. The number of sulfone groups is 1. The smallest absolute Gasteiger partial charge is 0.188 e. The first-order valence-electron chi connectivity index (χ1n) is 7.35. The molecular weight excluding hydrogens is 354 g/mol. The third-order valence-electron chi connectivity index (χ3n) is 3.86. The number of aryl methyl sites for hydroxylation is 2. The monoisotopic (exact) mass is 375 g/mol. The second-order valence-electron chi connectivity index (χ2n) is 6.12. The van der Waals surface area contributed by atoms with Gasteiger partial charge in [-0.05, 0) is 49.7 Å². The van der Waals surface area contributed by atoms with Crippen molar-refractivity contribution in [3.63, 3.8) is 0 Å². The van der Waals surface area contributed by atoms with Gasteiger partial charge in [0.25, 0.3) is 0 Å². The molecule has 23 heavy (non-hydrogen) atoms. The molecule has 128 valence electrons. The van der Waals surface area contributed by atoms with E-state index in [1.807, 2.05) is 50.1 Å². The average molecular weight is 376 g/mol. The molecule has 8 heteroatoms. The molecule has 1 saturated heterocycles. The van der Waals surface area contributed by atoms with Crippen molar-refractivity contribution >= 4 is 44.5 Å². The maximum Gasteiger partial charge on any atom is 0.188 e. The maximum absolute atomic E-state index is 11.8. The van der Waals surface area contributed by atoms with E-state index in [9.17, 15) is 8.42 Å². The molecule has 1 aromatic rings. The van der Waals surface area contributed by atoms with E-state index >= 15 is 0 Å². The normalized spacial score (nSPS) is 19.8. The summed E-state index contributed by atoms with van der Waals surface area (Å²) >= 11 is 11.8. The van der Waals surface area contributed by atoms with Crippen molar-refractivity contribution in [2.75, 3.05) is 30.9 Å². The number of benzene rings is 1. The number of anilines is 1. The Balaban J connectivity index is 2.23. The zero-order chi connectivity index (χ0) is 17.4. The van der Waals surface area contributed by atoms with Gasteiger partial charge in [0, 0.05) is 14.1 Å². The van der Waals surface area contributed by atoms with Gasteiger partial charge in [-0.2, -0.15) is 0 Å². The summed E-state index contributed by atoms with van der Waals surface area (Å²) in [4.78, 5) is 0. The van der Waals surface area contributed by atoms with Crippen LogP contribution in [0.25, 0.3) is 0 Å². The minimum atomic E-state index is -2.98. The molecule has 1 N–H and O–H groups in total. The molecule has 0 spiro atoms. The first-order chi connectivity index (χ1) is 10.6. The molecule has 0 aliphatic carbocycles. The lowest BCUT2D eigenvalue weighted by atomic mass is 10.1. The lowest BCUT2D eigenvalue weighted by molar-refractivity contribution is 0.0757. The van der Waals surface area contributed by atoms with Crippen LogP contribution in [0.5, 0.6) is 0 Å². The fraction of sp³-hybridized carbons (Fsp3) is 0.533. The molecule has 1 heterocycles. The highest BCUT2D eigenvalue weighted by atomic mass is 35.5. The molecule has 0 unspecified atom stereocenters. The Hall–Kier alpha value is -0.890. The summed E-state index contributed by atoms with van der Waals surface area (Å²) < 4.78 is 23.5. The van der Waals surface area contributed by atoms with Crippen LogP contribution in [0.4, 0.5) is 5.69 Å². The van der Waals surface area contributed by atoms with Gasteiger partial charge >= 0.3 is 0 Å². The number of rotatable bonds is 3. The van der Waals surface area contributed by atoms with Gasteiger partial charge in [0.1, 0.15) is 0 Å². The molecule has 1 atom stereocenters. The van der Waals surface area contributed by atoms with Crippen LogP contribution in [-0.4, -0.2) is 55.2 Å². The van der Waals surface area contributed by atoms with Crippen LogP contribution in [0.3, 0.4) is 0 Å². The summed E-state index contributed by atoms with van der Waals surface area (Å²) in [6.07, 6.45) is 0.572. The maximum atomic E-state index is 11.8. The summed E-state index contributed by atoms with van der Waals surface area (Å²) in [6.45, 7) is 3.94. The summed E-state index contributed by atoms with van der Waals surface area (Å²) in [5.41, 5.74) is 2.83. The van der Waals surface area contributed by atoms with E-state index in [-0.39, 0.29) is 17.5 Å². The Morgan fingerprint density at radius 3 is 2.48 bits per heavy atom. The lowest BCUT2D eigenvalue weighted by Crippen LogP contribution is -2.51. The fourth-order valence-corrected chi connectivity index (χ4v) is 5.36. The van der Waals surface area contributed by atoms with E-state index < -0.39 is 9.84 Å². The zero-order valence-corrected chi connectivity index (χ0v) is 16.1. The SMILES string of the molecule is Cc1cc(C)c(NC(=S)N([C@@H]2CCS(=O)(=O)C2)N(C)C)c(Cl)c1. The van der Waals surface area contributed by atoms with E-state index in [2.05, 4.69) is 5.32 Å². The van der Waals surface area contributed by atoms with Crippen molar-refractivity contribution in [1.29, 1.82) is 0 Å². The zero-order valence-electron chi connectivity index (χ0n) is 13.8. The minimum absolute atomic E-state index is 0.119. The van der Waals surface area contributed by atoms with Crippen LogP contribution in [0.2, 0.25) is 5.02 Å². The van der Waals surface area contributed by atoms with E-state index in [1.165, 1.54) is 0 Å². The molecule has 0 aromatic heterocycles. The number of hydrazine groups is 1. The van der Waals surface area contributed by atoms with Gasteiger partial charge in [-0.1, -0.05) is 17.7 Å². The molecule has 1 aliphatic heterocycles. The second-order valence-corrected chi connectivity index (χ2v) is 9.14. The van der Waals surface area contributed by atoms with Gasteiger partial charge in [0.05, 0.1) is 28.3 Å². The van der Waals surface area contributed by atoms with Crippen molar-refractivity contribution in [3.8, 4) is 0 Å². The quantitative estimate of drug-likeness (QED) is 0.647. The van der Waals surface area contributed by atoms with E-state index in [0.29, 0.717) is 16.6 Å². The van der Waals surface area contributed by atoms with Gasteiger partial charge in [-0.15, -0.1) is 0 Å². The molecule has 5 nitrogen and oxygen atoms in total. The Kier molecular flexibility index (Phi) is 5.56.